The van der Waals surface area contributed by atoms with Crippen molar-refractivity contribution in [2.45, 2.75) is 18.3 Å². The molecule has 0 aliphatic carbocycles. The third-order valence-corrected chi connectivity index (χ3v) is 3.65. The minimum absolute atomic E-state index is 0.233. The lowest BCUT2D eigenvalue weighted by Crippen LogP contribution is -2.36. The fourth-order valence-corrected chi connectivity index (χ4v) is 2.59. The van der Waals surface area contributed by atoms with E-state index < -0.39 is 0 Å². The molecule has 0 radical (unpaired) electrons. The molecule has 0 atom stereocenters. The van der Waals surface area contributed by atoms with Crippen LogP contribution in [0.15, 0.2) is 34.9 Å². The second-order valence-electron chi connectivity index (χ2n) is 4.63. The Kier molecular flexibility index (Phi) is 3.18. The van der Waals surface area contributed by atoms with Crippen molar-refractivity contribution in [3.8, 4) is 0 Å². The molecule has 0 bridgehead atoms. The van der Waals surface area contributed by atoms with Gasteiger partial charge in [0.1, 0.15) is 0 Å². The summed E-state index contributed by atoms with van der Waals surface area (Å²) in [6.45, 7) is 1.38. The van der Waals surface area contributed by atoms with E-state index in [9.17, 15) is 0 Å². The molecule has 6 nitrogen and oxygen atoms in total. The lowest BCUT2D eigenvalue weighted by Gasteiger charge is -2.34. The van der Waals surface area contributed by atoms with Crippen LogP contribution in [-0.2, 0) is 10.2 Å². The molecule has 2 aromatic rings. The average molecular weight is 260 g/mol. The number of hydrogen-bond acceptors (Lipinski definition) is 6. The quantitative estimate of drug-likeness (QED) is 0.641. The minimum atomic E-state index is -0.252. The molecule has 6 heteroatoms. The second-order valence-corrected chi connectivity index (χ2v) is 4.63. The summed E-state index contributed by atoms with van der Waals surface area (Å²) in [7, 11) is 0. The third-order valence-electron chi connectivity index (χ3n) is 3.65. The Bertz CT molecular complexity index is 535. The molecule has 19 heavy (non-hydrogen) atoms. The zero-order chi connectivity index (χ0) is 13.1. The van der Waals surface area contributed by atoms with E-state index in [1.165, 1.54) is 5.56 Å². The van der Waals surface area contributed by atoms with Crippen molar-refractivity contribution < 1.29 is 9.26 Å². The van der Waals surface area contributed by atoms with Gasteiger partial charge in [-0.25, -0.2) is 5.84 Å². The molecule has 1 saturated heterocycles. The van der Waals surface area contributed by atoms with Gasteiger partial charge in [-0.3, -0.25) is 5.43 Å². The molecule has 1 aromatic heterocycles. The molecule has 0 saturated carbocycles. The number of nitrogen functional groups attached to an aromatic ring is 1. The average Bonchev–Trinajstić information content (AvgIpc) is 2.98. The first-order valence-corrected chi connectivity index (χ1v) is 6.29. The first-order chi connectivity index (χ1) is 9.35. The first kappa shape index (κ1) is 12.1. The molecule has 1 aliphatic heterocycles. The summed E-state index contributed by atoms with van der Waals surface area (Å²) in [5.41, 5.74) is 3.31. The van der Waals surface area contributed by atoms with Crippen LogP contribution >= 0.6 is 0 Å². The number of hydrazine groups is 1. The summed E-state index contributed by atoms with van der Waals surface area (Å²) in [5, 5.41) is 4.08. The standard InChI is InChI=1S/C13H16N4O2/c14-16-12-15-11(17-19-12)13(6-8-18-9-7-13)10-4-2-1-3-5-10/h1-5H,6-9,14H2,(H,15,16,17). The molecule has 0 spiro atoms. The van der Waals surface area contributed by atoms with Gasteiger partial charge >= 0.3 is 6.01 Å². The lowest BCUT2D eigenvalue weighted by molar-refractivity contribution is 0.0597. The van der Waals surface area contributed by atoms with Crippen LogP contribution in [0.25, 0.3) is 0 Å². The van der Waals surface area contributed by atoms with E-state index in [0.29, 0.717) is 19.0 Å². The molecular formula is C13H16N4O2. The maximum Gasteiger partial charge on any atom is 0.335 e. The van der Waals surface area contributed by atoms with E-state index in [1.54, 1.807) is 0 Å². The molecule has 3 N–H and O–H groups in total. The fourth-order valence-electron chi connectivity index (χ4n) is 2.59. The normalized spacial score (nSPS) is 18.2. The van der Waals surface area contributed by atoms with Crippen LogP contribution < -0.4 is 11.3 Å². The van der Waals surface area contributed by atoms with Crippen LogP contribution in [0, 0.1) is 0 Å². The van der Waals surface area contributed by atoms with Gasteiger partial charge in [0.15, 0.2) is 5.82 Å². The predicted molar refractivity (Wildman–Crippen MR) is 69.4 cm³/mol. The number of nitrogens with zero attached hydrogens (tertiary/aromatic N) is 2. The van der Waals surface area contributed by atoms with Crippen molar-refractivity contribution >= 4 is 6.01 Å². The number of rotatable bonds is 3. The largest absolute Gasteiger partial charge is 0.381 e. The van der Waals surface area contributed by atoms with Gasteiger partial charge in [-0.1, -0.05) is 35.5 Å². The van der Waals surface area contributed by atoms with Gasteiger partial charge in [0.25, 0.3) is 0 Å². The van der Waals surface area contributed by atoms with E-state index in [-0.39, 0.29) is 11.4 Å². The van der Waals surface area contributed by atoms with Crippen LogP contribution in [0.2, 0.25) is 0 Å². The number of benzene rings is 1. The summed E-state index contributed by atoms with van der Waals surface area (Å²) in [6, 6.07) is 10.5. The van der Waals surface area contributed by atoms with E-state index in [4.69, 9.17) is 15.1 Å². The monoisotopic (exact) mass is 260 g/mol. The number of hydrogen-bond donors (Lipinski definition) is 2. The number of aromatic nitrogens is 2. The zero-order valence-electron chi connectivity index (χ0n) is 10.5. The molecule has 2 heterocycles. The fraction of sp³-hybridized carbons (Fsp3) is 0.385. The van der Waals surface area contributed by atoms with Gasteiger partial charge in [0.05, 0.1) is 5.41 Å². The first-order valence-electron chi connectivity index (χ1n) is 6.29. The number of nitrogens with two attached hydrogens (primary N) is 1. The zero-order valence-corrected chi connectivity index (χ0v) is 10.5. The van der Waals surface area contributed by atoms with Crippen molar-refractivity contribution in [1.29, 1.82) is 0 Å². The lowest BCUT2D eigenvalue weighted by atomic mass is 9.73. The number of ether oxygens (including phenoxy) is 1. The van der Waals surface area contributed by atoms with Crippen molar-refractivity contribution in [3.05, 3.63) is 41.7 Å². The molecule has 1 fully saturated rings. The van der Waals surface area contributed by atoms with Crippen LogP contribution in [-0.4, -0.2) is 23.4 Å². The van der Waals surface area contributed by atoms with Crippen LogP contribution in [0.1, 0.15) is 24.2 Å². The van der Waals surface area contributed by atoms with Gasteiger partial charge in [0, 0.05) is 13.2 Å². The summed E-state index contributed by atoms with van der Waals surface area (Å²) in [6.07, 6.45) is 1.67. The number of nitrogens with one attached hydrogen (secondary N) is 1. The van der Waals surface area contributed by atoms with Crippen molar-refractivity contribution in [1.82, 2.24) is 10.1 Å². The Morgan fingerprint density at radius 2 is 1.89 bits per heavy atom. The maximum absolute atomic E-state index is 5.47. The molecule has 1 aliphatic rings. The van der Waals surface area contributed by atoms with E-state index in [0.717, 1.165) is 12.8 Å². The highest BCUT2D eigenvalue weighted by Crippen LogP contribution is 2.39. The van der Waals surface area contributed by atoms with Crippen molar-refractivity contribution in [3.63, 3.8) is 0 Å². The smallest absolute Gasteiger partial charge is 0.335 e. The van der Waals surface area contributed by atoms with Crippen molar-refractivity contribution in [2.75, 3.05) is 18.6 Å². The van der Waals surface area contributed by atoms with Gasteiger partial charge in [-0.05, 0) is 18.4 Å². The van der Waals surface area contributed by atoms with Gasteiger partial charge < -0.3 is 9.26 Å². The second kappa shape index (κ2) is 4.99. The molecule has 0 unspecified atom stereocenters. The van der Waals surface area contributed by atoms with E-state index in [2.05, 4.69) is 27.7 Å². The van der Waals surface area contributed by atoms with E-state index in [1.807, 2.05) is 18.2 Å². The highest BCUT2D eigenvalue weighted by atomic mass is 16.5. The molecule has 100 valence electrons. The Labute approximate surface area is 110 Å². The molecule has 0 amide bonds. The highest BCUT2D eigenvalue weighted by molar-refractivity contribution is 5.34. The van der Waals surface area contributed by atoms with E-state index >= 15 is 0 Å². The summed E-state index contributed by atoms with van der Waals surface area (Å²) in [4.78, 5) is 4.33. The molecule has 3 rings (SSSR count). The topological polar surface area (TPSA) is 86.2 Å². The van der Waals surface area contributed by atoms with Crippen LogP contribution in [0.5, 0.6) is 0 Å². The maximum atomic E-state index is 5.47. The summed E-state index contributed by atoms with van der Waals surface area (Å²) in [5.74, 6) is 5.97. The summed E-state index contributed by atoms with van der Waals surface area (Å²) < 4.78 is 10.5. The van der Waals surface area contributed by atoms with Crippen molar-refractivity contribution in [2.24, 2.45) is 5.84 Å². The van der Waals surface area contributed by atoms with Gasteiger partial charge in [-0.15, -0.1) is 0 Å². The Balaban J connectivity index is 2.06. The minimum Gasteiger partial charge on any atom is -0.381 e. The Hall–Kier alpha value is -1.92. The predicted octanol–water partition coefficient (Wildman–Crippen LogP) is 1.45. The van der Waals surface area contributed by atoms with Gasteiger partial charge in [0.2, 0.25) is 0 Å². The molecule has 1 aromatic carbocycles. The highest BCUT2D eigenvalue weighted by Gasteiger charge is 2.40. The van der Waals surface area contributed by atoms with Crippen LogP contribution in [0.3, 0.4) is 0 Å². The van der Waals surface area contributed by atoms with Crippen LogP contribution in [0.4, 0.5) is 6.01 Å². The Morgan fingerprint density at radius 1 is 1.16 bits per heavy atom. The number of anilines is 1. The molecular weight excluding hydrogens is 244 g/mol. The summed E-state index contributed by atoms with van der Waals surface area (Å²) >= 11 is 0. The van der Waals surface area contributed by atoms with Gasteiger partial charge in [-0.2, -0.15) is 4.98 Å². The SMILES string of the molecule is NNc1nc(C2(c3ccccc3)CCOCC2)no1. The Morgan fingerprint density at radius 3 is 2.53 bits per heavy atom. The third kappa shape index (κ3) is 2.09.